The van der Waals surface area contributed by atoms with Gasteiger partial charge >= 0.3 is 0 Å². The number of thioether (sulfide) groups is 1. The van der Waals surface area contributed by atoms with Crippen LogP contribution < -0.4 is 5.32 Å². The number of nitriles is 1. The number of imidazole rings is 1. The molecule has 154 valence electrons. The minimum Gasteiger partial charge on any atom is -0.410 e. The van der Waals surface area contributed by atoms with E-state index < -0.39 is 0 Å². The van der Waals surface area contributed by atoms with Crippen LogP contribution in [0.25, 0.3) is 17.3 Å². The van der Waals surface area contributed by atoms with Crippen LogP contribution in [0, 0.1) is 18.3 Å². The van der Waals surface area contributed by atoms with Crippen molar-refractivity contribution < 1.29 is 9.21 Å². The molecule has 1 N–H and O–H groups in total. The highest BCUT2D eigenvalue weighted by Gasteiger charge is 2.14. The third kappa shape index (κ3) is 5.18. The number of amides is 1. The van der Waals surface area contributed by atoms with Crippen LogP contribution in [-0.4, -0.2) is 31.4 Å². The van der Waals surface area contributed by atoms with Crippen molar-refractivity contribution in [3.8, 4) is 23.3 Å². The summed E-state index contributed by atoms with van der Waals surface area (Å²) in [7, 11) is 0. The highest BCUT2D eigenvalue weighted by atomic mass is 32.2. The zero-order valence-corrected chi connectivity index (χ0v) is 17.5. The molecule has 0 saturated heterocycles. The largest absolute Gasteiger partial charge is 0.410 e. The molecule has 4 aromatic rings. The van der Waals surface area contributed by atoms with E-state index in [1.165, 1.54) is 11.8 Å². The first-order chi connectivity index (χ1) is 15.1. The summed E-state index contributed by atoms with van der Waals surface area (Å²) in [4.78, 5) is 16.4. The maximum Gasteiger partial charge on any atom is 0.277 e. The van der Waals surface area contributed by atoms with Crippen molar-refractivity contribution in [2.45, 2.75) is 18.7 Å². The highest BCUT2D eigenvalue weighted by molar-refractivity contribution is 7.99. The number of benzene rings is 2. The van der Waals surface area contributed by atoms with E-state index in [2.05, 4.69) is 26.6 Å². The number of aryl methyl sites for hydroxylation is 1. The summed E-state index contributed by atoms with van der Waals surface area (Å²) < 4.78 is 7.42. The molecule has 0 atom stereocenters. The van der Waals surface area contributed by atoms with Crippen LogP contribution in [0.3, 0.4) is 0 Å². The molecular formula is C22H18N6O2S. The molecule has 0 bridgehead atoms. The maximum atomic E-state index is 12.1. The van der Waals surface area contributed by atoms with Gasteiger partial charge in [-0.05, 0) is 36.8 Å². The van der Waals surface area contributed by atoms with Crippen molar-refractivity contribution in [3.63, 3.8) is 0 Å². The van der Waals surface area contributed by atoms with Gasteiger partial charge in [0.1, 0.15) is 12.0 Å². The number of rotatable bonds is 7. The van der Waals surface area contributed by atoms with E-state index in [1.54, 1.807) is 29.2 Å². The Morgan fingerprint density at radius 2 is 2.06 bits per heavy atom. The number of hydrogen-bond acceptors (Lipinski definition) is 7. The Morgan fingerprint density at radius 1 is 1.23 bits per heavy atom. The fourth-order valence-corrected chi connectivity index (χ4v) is 3.45. The summed E-state index contributed by atoms with van der Waals surface area (Å²) in [5.74, 6) is 0.332. The Kier molecular flexibility index (Phi) is 6.10. The molecule has 0 radical (unpaired) electrons. The van der Waals surface area contributed by atoms with Gasteiger partial charge in [-0.3, -0.25) is 4.79 Å². The van der Waals surface area contributed by atoms with E-state index >= 15 is 0 Å². The van der Waals surface area contributed by atoms with E-state index in [0.29, 0.717) is 23.0 Å². The summed E-state index contributed by atoms with van der Waals surface area (Å²) in [6.45, 7) is 2.49. The Morgan fingerprint density at radius 3 is 2.84 bits per heavy atom. The number of nitrogens with one attached hydrogen (secondary N) is 1. The third-order valence-electron chi connectivity index (χ3n) is 4.40. The van der Waals surface area contributed by atoms with Crippen molar-refractivity contribution in [1.29, 1.82) is 5.26 Å². The monoisotopic (exact) mass is 430 g/mol. The van der Waals surface area contributed by atoms with Crippen LogP contribution in [0.2, 0.25) is 0 Å². The molecule has 0 unspecified atom stereocenters. The van der Waals surface area contributed by atoms with Gasteiger partial charge in [-0.25, -0.2) is 4.98 Å². The third-order valence-corrected chi connectivity index (χ3v) is 5.22. The van der Waals surface area contributed by atoms with Gasteiger partial charge in [0, 0.05) is 18.4 Å². The molecule has 2 aromatic carbocycles. The minimum absolute atomic E-state index is 0.114. The van der Waals surface area contributed by atoms with Crippen molar-refractivity contribution in [2.24, 2.45) is 0 Å². The molecule has 9 heteroatoms. The van der Waals surface area contributed by atoms with E-state index in [-0.39, 0.29) is 17.6 Å². The Bertz CT molecular complexity index is 1240. The first-order valence-electron chi connectivity index (χ1n) is 9.44. The molecule has 0 aliphatic rings. The van der Waals surface area contributed by atoms with Crippen LogP contribution in [0.1, 0.15) is 16.7 Å². The minimum atomic E-state index is -0.114. The Labute approximate surface area is 182 Å². The molecule has 31 heavy (non-hydrogen) atoms. The molecule has 8 nitrogen and oxygen atoms in total. The van der Waals surface area contributed by atoms with Crippen LogP contribution in [0.5, 0.6) is 0 Å². The molecule has 0 aliphatic carbocycles. The van der Waals surface area contributed by atoms with Crippen LogP contribution in [-0.2, 0) is 11.3 Å². The molecule has 2 heterocycles. The standard InChI is InChI=1S/C22H18N6O2S/c1-15-3-2-4-17(9-15)11-24-20(29)13-31-22-27-26-21(30-22)19-12-28(14-25-19)18-7-5-16(10-23)6-8-18/h2-9,12,14H,11,13H2,1H3,(H,24,29). The fraction of sp³-hybridized carbons (Fsp3) is 0.136. The zero-order chi connectivity index (χ0) is 21.6. The molecule has 0 spiro atoms. The summed E-state index contributed by atoms with van der Waals surface area (Å²) in [6, 6.07) is 17.2. The smallest absolute Gasteiger partial charge is 0.277 e. The summed E-state index contributed by atoms with van der Waals surface area (Å²) in [6.07, 6.45) is 3.39. The summed E-state index contributed by atoms with van der Waals surface area (Å²) in [5, 5.41) is 20.1. The second-order valence-electron chi connectivity index (χ2n) is 6.75. The van der Waals surface area contributed by atoms with Gasteiger partial charge in [0.15, 0.2) is 0 Å². The van der Waals surface area contributed by atoms with Crippen molar-refractivity contribution in [1.82, 2.24) is 25.1 Å². The molecular weight excluding hydrogens is 412 g/mol. The van der Waals surface area contributed by atoms with Gasteiger partial charge < -0.3 is 14.3 Å². The number of aromatic nitrogens is 4. The SMILES string of the molecule is Cc1cccc(CNC(=O)CSc2nnc(-c3cn(-c4ccc(C#N)cc4)cn3)o2)c1. The number of carbonyl (C=O) groups is 1. The Balaban J connectivity index is 1.32. The maximum absolute atomic E-state index is 12.1. The number of nitrogens with zero attached hydrogens (tertiary/aromatic N) is 5. The van der Waals surface area contributed by atoms with Crippen LogP contribution in [0.15, 0.2) is 70.7 Å². The fourth-order valence-electron chi connectivity index (χ4n) is 2.86. The molecule has 0 aliphatic heterocycles. The normalized spacial score (nSPS) is 10.6. The van der Waals surface area contributed by atoms with Gasteiger partial charge in [0.2, 0.25) is 5.91 Å². The number of carbonyl (C=O) groups excluding carboxylic acids is 1. The van der Waals surface area contributed by atoms with Gasteiger partial charge in [0.05, 0.1) is 17.4 Å². The van der Waals surface area contributed by atoms with Gasteiger partial charge in [-0.2, -0.15) is 5.26 Å². The molecule has 0 saturated carbocycles. The summed E-state index contributed by atoms with van der Waals surface area (Å²) >= 11 is 1.17. The van der Waals surface area contributed by atoms with E-state index in [0.717, 1.165) is 16.8 Å². The zero-order valence-electron chi connectivity index (χ0n) is 16.6. The quantitative estimate of drug-likeness (QED) is 0.447. The highest BCUT2D eigenvalue weighted by Crippen LogP contribution is 2.23. The van der Waals surface area contributed by atoms with Gasteiger partial charge in [-0.15, -0.1) is 10.2 Å². The van der Waals surface area contributed by atoms with Gasteiger partial charge in [-0.1, -0.05) is 41.6 Å². The van der Waals surface area contributed by atoms with E-state index in [1.807, 2.05) is 43.3 Å². The lowest BCUT2D eigenvalue weighted by Gasteiger charge is -2.05. The van der Waals surface area contributed by atoms with Gasteiger partial charge in [0.25, 0.3) is 11.1 Å². The van der Waals surface area contributed by atoms with Crippen LogP contribution in [0.4, 0.5) is 0 Å². The topological polar surface area (TPSA) is 110 Å². The molecule has 1 amide bonds. The molecule has 4 rings (SSSR count). The second kappa shape index (κ2) is 9.28. The average Bonchev–Trinajstić information content (AvgIpc) is 3.46. The first-order valence-corrected chi connectivity index (χ1v) is 10.4. The second-order valence-corrected chi connectivity index (χ2v) is 7.68. The van der Waals surface area contributed by atoms with E-state index in [9.17, 15) is 4.79 Å². The number of hydrogen-bond donors (Lipinski definition) is 1. The van der Waals surface area contributed by atoms with Crippen LogP contribution >= 0.6 is 11.8 Å². The molecule has 0 fully saturated rings. The lowest BCUT2D eigenvalue weighted by atomic mass is 10.1. The predicted octanol–water partition coefficient (Wildman–Crippen LogP) is 3.51. The summed E-state index contributed by atoms with van der Waals surface area (Å²) in [5.41, 5.74) is 4.17. The lowest BCUT2D eigenvalue weighted by Crippen LogP contribution is -2.24. The molecule has 2 aromatic heterocycles. The first kappa shape index (κ1) is 20.4. The van der Waals surface area contributed by atoms with Crippen molar-refractivity contribution in [2.75, 3.05) is 5.75 Å². The van der Waals surface area contributed by atoms with E-state index in [4.69, 9.17) is 9.68 Å². The van der Waals surface area contributed by atoms with Crippen molar-refractivity contribution in [3.05, 3.63) is 77.7 Å². The van der Waals surface area contributed by atoms with Crippen molar-refractivity contribution >= 4 is 17.7 Å². The average molecular weight is 430 g/mol. The predicted molar refractivity (Wildman–Crippen MR) is 115 cm³/mol. The lowest BCUT2D eigenvalue weighted by molar-refractivity contribution is -0.118. The Hall–Kier alpha value is -3.90.